The number of thiophene rings is 1. The van der Waals surface area contributed by atoms with Gasteiger partial charge in [-0.25, -0.2) is 0 Å². The van der Waals surface area contributed by atoms with Crippen LogP contribution in [0.25, 0.3) is 0 Å². The van der Waals surface area contributed by atoms with Crippen LogP contribution in [0.1, 0.15) is 41.7 Å². The van der Waals surface area contributed by atoms with Crippen LogP contribution in [0.3, 0.4) is 0 Å². The van der Waals surface area contributed by atoms with Gasteiger partial charge in [-0.05, 0) is 38.9 Å². The zero-order chi connectivity index (χ0) is 12.1. The van der Waals surface area contributed by atoms with E-state index in [4.69, 9.17) is 0 Å². The van der Waals surface area contributed by atoms with Crippen molar-refractivity contribution in [3.05, 3.63) is 21.9 Å². The van der Waals surface area contributed by atoms with E-state index in [9.17, 15) is 4.79 Å². The average molecular weight is 239 g/mol. The molecule has 0 aliphatic carbocycles. The monoisotopic (exact) mass is 239 g/mol. The van der Waals surface area contributed by atoms with Crippen molar-refractivity contribution < 1.29 is 4.79 Å². The number of nitrogens with zero attached hydrogens (tertiary/aromatic N) is 1. The maximum absolute atomic E-state index is 12.0. The Morgan fingerprint density at radius 1 is 1.44 bits per heavy atom. The number of ketones is 1. The lowest BCUT2D eigenvalue weighted by atomic mass is 10.2. The van der Waals surface area contributed by atoms with Crippen LogP contribution in [0.5, 0.6) is 0 Å². The molecule has 0 aliphatic heterocycles. The van der Waals surface area contributed by atoms with Gasteiger partial charge in [0.05, 0.1) is 11.4 Å². The smallest absolute Gasteiger partial charge is 0.186 e. The first-order chi connectivity index (χ1) is 7.58. The Morgan fingerprint density at radius 2 is 2.12 bits per heavy atom. The van der Waals surface area contributed by atoms with Gasteiger partial charge in [0.2, 0.25) is 0 Å². The summed E-state index contributed by atoms with van der Waals surface area (Å²) in [6.07, 6.45) is 2.09. The van der Waals surface area contributed by atoms with Gasteiger partial charge in [0.25, 0.3) is 0 Å². The summed E-state index contributed by atoms with van der Waals surface area (Å²) >= 11 is 1.63. The lowest BCUT2D eigenvalue weighted by Crippen LogP contribution is -2.33. The lowest BCUT2D eigenvalue weighted by Gasteiger charge is -2.22. The minimum atomic E-state index is 0.243. The average Bonchev–Trinajstić information content (AvgIpc) is 2.76. The Bertz CT molecular complexity index is 345. The maximum Gasteiger partial charge on any atom is 0.186 e. The number of likely N-dealkylation sites (N-methyl/N-ethyl adjacent to an activating group) is 1. The molecule has 0 spiro atoms. The highest BCUT2D eigenvalue weighted by atomic mass is 32.1. The van der Waals surface area contributed by atoms with Gasteiger partial charge < -0.3 is 0 Å². The van der Waals surface area contributed by atoms with Crippen molar-refractivity contribution in [3.63, 3.8) is 0 Å². The summed E-state index contributed by atoms with van der Waals surface area (Å²) < 4.78 is 0. The van der Waals surface area contributed by atoms with E-state index in [1.54, 1.807) is 11.3 Å². The second-order valence-corrected chi connectivity index (χ2v) is 5.38. The molecule has 1 unspecified atom stereocenters. The first-order valence-electron chi connectivity index (χ1n) is 5.90. The summed E-state index contributed by atoms with van der Waals surface area (Å²) in [5.74, 6) is 0.243. The lowest BCUT2D eigenvalue weighted by molar-refractivity contribution is 0.0927. The molecule has 2 nitrogen and oxygen atoms in total. The molecular weight excluding hydrogens is 218 g/mol. The fraction of sp³-hybridized carbons (Fsp3) is 0.615. The van der Waals surface area contributed by atoms with Crippen LogP contribution < -0.4 is 0 Å². The molecule has 0 saturated carbocycles. The van der Waals surface area contributed by atoms with E-state index >= 15 is 0 Å². The fourth-order valence-electron chi connectivity index (χ4n) is 1.49. The number of hydrogen-bond donors (Lipinski definition) is 0. The fourth-order valence-corrected chi connectivity index (χ4v) is 2.37. The molecule has 0 aliphatic rings. The van der Waals surface area contributed by atoms with Crippen molar-refractivity contribution >= 4 is 17.1 Å². The summed E-state index contributed by atoms with van der Waals surface area (Å²) in [5.41, 5.74) is 0. The highest BCUT2D eigenvalue weighted by Gasteiger charge is 2.14. The van der Waals surface area contributed by atoms with Crippen molar-refractivity contribution in [1.29, 1.82) is 0 Å². The predicted octanol–water partition coefficient (Wildman–Crippen LogP) is 3.22. The molecule has 0 aromatic carbocycles. The molecule has 1 atom stereocenters. The van der Waals surface area contributed by atoms with E-state index in [1.807, 2.05) is 13.1 Å². The topological polar surface area (TPSA) is 20.3 Å². The molecule has 0 fully saturated rings. The second-order valence-electron chi connectivity index (χ2n) is 4.22. The molecule has 0 bridgehead atoms. The van der Waals surface area contributed by atoms with Crippen molar-refractivity contribution in [2.45, 2.75) is 39.7 Å². The zero-order valence-corrected chi connectivity index (χ0v) is 11.4. The molecule has 0 saturated heterocycles. The third kappa shape index (κ3) is 3.42. The zero-order valence-electron chi connectivity index (χ0n) is 10.6. The minimum Gasteiger partial charge on any atom is -0.296 e. The molecule has 1 aromatic heterocycles. The number of carbonyl (C=O) groups is 1. The van der Waals surface area contributed by atoms with Crippen LogP contribution in [0.2, 0.25) is 0 Å². The van der Waals surface area contributed by atoms with E-state index in [2.05, 4.69) is 31.7 Å². The molecule has 16 heavy (non-hydrogen) atoms. The Morgan fingerprint density at radius 3 is 2.62 bits per heavy atom. The van der Waals surface area contributed by atoms with E-state index in [0.29, 0.717) is 12.6 Å². The van der Waals surface area contributed by atoms with E-state index in [1.165, 1.54) is 4.88 Å². The third-order valence-corrected chi connectivity index (χ3v) is 4.29. The van der Waals surface area contributed by atoms with Gasteiger partial charge in [-0.3, -0.25) is 9.69 Å². The van der Waals surface area contributed by atoms with E-state index in [-0.39, 0.29) is 5.78 Å². The molecule has 0 radical (unpaired) electrons. The van der Waals surface area contributed by atoms with Crippen LogP contribution in [0, 0.1) is 0 Å². The molecule has 0 amide bonds. The SMILES string of the molecule is CCc1ccc(C(=O)CN(C)C(C)CC)s1. The van der Waals surface area contributed by atoms with Gasteiger partial charge in [-0.15, -0.1) is 11.3 Å². The first kappa shape index (κ1) is 13.4. The number of Topliss-reactive ketones (excluding diaryl/α,β-unsaturated/α-hetero) is 1. The number of hydrogen-bond acceptors (Lipinski definition) is 3. The van der Waals surface area contributed by atoms with Gasteiger partial charge in [-0.2, -0.15) is 0 Å². The normalized spacial score (nSPS) is 13.1. The van der Waals surface area contributed by atoms with Gasteiger partial charge in [0.1, 0.15) is 0 Å². The van der Waals surface area contributed by atoms with E-state index in [0.717, 1.165) is 17.7 Å². The standard InChI is InChI=1S/C13H21NOS/c1-5-10(3)14(4)9-12(15)13-8-7-11(6-2)16-13/h7-8,10H,5-6,9H2,1-4H3. The molecular formula is C13H21NOS. The van der Waals surface area contributed by atoms with Crippen LogP contribution in [-0.4, -0.2) is 30.3 Å². The summed E-state index contributed by atoms with van der Waals surface area (Å²) in [5, 5.41) is 0. The van der Waals surface area contributed by atoms with Crippen molar-refractivity contribution in [2.75, 3.05) is 13.6 Å². The van der Waals surface area contributed by atoms with Crippen LogP contribution >= 0.6 is 11.3 Å². The van der Waals surface area contributed by atoms with Crippen LogP contribution in [0.15, 0.2) is 12.1 Å². The van der Waals surface area contributed by atoms with Crippen LogP contribution in [-0.2, 0) is 6.42 Å². The predicted molar refractivity (Wildman–Crippen MR) is 70.4 cm³/mol. The van der Waals surface area contributed by atoms with Crippen molar-refractivity contribution in [3.8, 4) is 0 Å². The van der Waals surface area contributed by atoms with Gasteiger partial charge in [0.15, 0.2) is 5.78 Å². The van der Waals surface area contributed by atoms with Gasteiger partial charge in [-0.1, -0.05) is 13.8 Å². The number of rotatable bonds is 6. The Balaban J connectivity index is 2.58. The molecule has 1 rings (SSSR count). The maximum atomic E-state index is 12.0. The highest BCUT2D eigenvalue weighted by Crippen LogP contribution is 2.18. The summed E-state index contributed by atoms with van der Waals surface area (Å²) in [7, 11) is 2.01. The highest BCUT2D eigenvalue weighted by molar-refractivity contribution is 7.14. The van der Waals surface area contributed by atoms with Crippen molar-refractivity contribution in [1.82, 2.24) is 4.90 Å². The van der Waals surface area contributed by atoms with Crippen molar-refractivity contribution in [2.24, 2.45) is 0 Å². The first-order valence-corrected chi connectivity index (χ1v) is 6.72. The Labute approximate surface area is 102 Å². The molecule has 3 heteroatoms. The molecule has 1 heterocycles. The van der Waals surface area contributed by atoms with Gasteiger partial charge in [0, 0.05) is 10.9 Å². The number of carbonyl (C=O) groups excluding carboxylic acids is 1. The quantitative estimate of drug-likeness (QED) is 0.710. The van der Waals surface area contributed by atoms with Crippen LogP contribution in [0.4, 0.5) is 0 Å². The Hall–Kier alpha value is -0.670. The Kier molecular flexibility index (Phi) is 5.16. The van der Waals surface area contributed by atoms with Gasteiger partial charge >= 0.3 is 0 Å². The van der Waals surface area contributed by atoms with E-state index < -0.39 is 0 Å². The summed E-state index contributed by atoms with van der Waals surface area (Å²) in [4.78, 5) is 16.3. The molecule has 90 valence electrons. The summed E-state index contributed by atoms with van der Waals surface area (Å²) in [6, 6.07) is 4.48. The molecule has 1 aromatic rings. The molecule has 0 N–H and O–H groups in total. The largest absolute Gasteiger partial charge is 0.296 e. The summed E-state index contributed by atoms with van der Waals surface area (Å²) in [6.45, 7) is 6.94. The number of aryl methyl sites for hydroxylation is 1. The third-order valence-electron chi connectivity index (χ3n) is 3.02. The second kappa shape index (κ2) is 6.16. The minimum absolute atomic E-state index is 0.243.